The summed E-state index contributed by atoms with van der Waals surface area (Å²) >= 11 is 6.84. The number of rotatable bonds is 5. The Balaban J connectivity index is 2.27. The number of nitrogens with one attached hydrogen (secondary N) is 1. The Bertz CT molecular complexity index is 557. The van der Waals surface area contributed by atoms with Crippen LogP contribution in [-0.2, 0) is 11.8 Å². The minimum atomic E-state index is 0.0338. The van der Waals surface area contributed by atoms with Crippen molar-refractivity contribution in [3.63, 3.8) is 0 Å². The van der Waals surface area contributed by atoms with Gasteiger partial charge in [-0.3, -0.25) is 0 Å². The Hall–Kier alpha value is -0.300. The summed E-state index contributed by atoms with van der Waals surface area (Å²) in [5, 5.41) is 10.1. The first kappa shape index (κ1) is 16.1. The van der Waals surface area contributed by atoms with Crippen LogP contribution in [0.5, 0.6) is 0 Å². The van der Waals surface area contributed by atoms with E-state index in [-0.39, 0.29) is 5.41 Å². The fourth-order valence-electron chi connectivity index (χ4n) is 2.11. The second-order valence-electron chi connectivity index (χ2n) is 5.78. The lowest BCUT2D eigenvalue weighted by atomic mass is 9.89. The number of likely N-dealkylation sites (N-methyl/N-ethyl adjacent to an activating group) is 1. The molecule has 0 aromatic carbocycles. The highest BCUT2D eigenvalue weighted by molar-refractivity contribution is 9.10. The minimum absolute atomic E-state index is 0.0338. The van der Waals surface area contributed by atoms with Crippen LogP contribution < -0.4 is 5.32 Å². The van der Waals surface area contributed by atoms with Crippen molar-refractivity contribution in [1.29, 1.82) is 0 Å². The Morgan fingerprint density at radius 3 is 2.70 bits per heavy atom. The van der Waals surface area contributed by atoms with Crippen LogP contribution in [0, 0.1) is 0 Å². The first-order chi connectivity index (χ1) is 9.41. The van der Waals surface area contributed by atoms with Gasteiger partial charge in [0.1, 0.15) is 0 Å². The summed E-state index contributed by atoms with van der Waals surface area (Å²) in [7, 11) is 0. The molecule has 0 aliphatic rings. The van der Waals surface area contributed by atoms with Crippen molar-refractivity contribution in [2.24, 2.45) is 0 Å². The molecule has 1 atom stereocenters. The van der Waals surface area contributed by atoms with Crippen LogP contribution in [-0.4, -0.2) is 16.1 Å². The number of halogens is 1. The van der Waals surface area contributed by atoms with Crippen molar-refractivity contribution in [3.05, 3.63) is 31.4 Å². The summed E-state index contributed by atoms with van der Waals surface area (Å²) < 4.78 is 5.34. The van der Waals surface area contributed by atoms with Gasteiger partial charge in [0.15, 0.2) is 0 Å². The van der Waals surface area contributed by atoms with Crippen molar-refractivity contribution in [2.75, 3.05) is 6.54 Å². The molecular formula is C14H20BrN3S2. The number of hydrogen-bond donors (Lipinski definition) is 1. The topological polar surface area (TPSA) is 37.8 Å². The van der Waals surface area contributed by atoms with Crippen molar-refractivity contribution >= 4 is 38.8 Å². The third kappa shape index (κ3) is 3.87. The van der Waals surface area contributed by atoms with E-state index >= 15 is 0 Å². The molecule has 20 heavy (non-hydrogen) atoms. The predicted octanol–water partition coefficient (Wildman–Crippen LogP) is 4.55. The lowest BCUT2D eigenvalue weighted by Crippen LogP contribution is -2.25. The molecule has 0 bridgehead atoms. The molecule has 2 aromatic heterocycles. The van der Waals surface area contributed by atoms with Crippen molar-refractivity contribution in [2.45, 2.75) is 45.6 Å². The van der Waals surface area contributed by atoms with E-state index in [1.165, 1.54) is 21.3 Å². The molecule has 1 N–H and O–H groups in total. The van der Waals surface area contributed by atoms with E-state index in [4.69, 9.17) is 0 Å². The van der Waals surface area contributed by atoms with E-state index < -0.39 is 0 Å². The van der Waals surface area contributed by atoms with Crippen LogP contribution in [0.1, 0.15) is 49.2 Å². The van der Waals surface area contributed by atoms with E-state index in [1.54, 1.807) is 11.3 Å². The molecule has 0 amide bonds. The molecule has 0 fully saturated rings. The predicted molar refractivity (Wildman–Crippen MR) is 90.7 cm³/mol. The summed E-state index contributed by atoms with van der Waals surface area (Å²) in [6.45, 7) is 9.66. The Morgan fingerprint density at radius 1 is 1.40 bits per heavy atom. The first-order valence-electron chi connectivity index (χ1n) is 6.70. The number of nitrogens with zero attached hydrogens (tertiary/aromatic N) is 2. The molecule has 0 radical (unpaired) electrons. The monoisotopic (exact) mass is 373 g/mol. The van der Waals surface area contributed by atoms with Gasteiger partial charge in [-0.2, -0.15) is 0 Å². The number of thiophene rings is 1. The molecule has 1 unspecified atom stereocenters. The van der Waals surface area contributed by atoms with E-state index in [9.17, 15) is 0 Å². The van der Waals surface area contributed by atoms with Gasteiger partial charge in [0.25, 0.3) is 0 Å². The standard InChI is InChI=1S/C14H20BrN3S2/c1-5-16-11(7-10-6-9(15)8-19-10)12-13(14(2,3)4)17-18-20-12/h6,8,11,16H,5,7H2,1-4H3. The fourth-order valence-corrected chi connectivity index (χ4v) is 4.55. The quantitative estimate of drug-likeness (QED) is 0.834. The van der Waals surface area contributed by atoms with Crippen LogP contribution in [0.15, 0.2) is 15.9 Å². The molecule has 0 spiro atoms. The van der Waals surface area contributed by atoms with Gasteiger partial charge in [-0.25, -0.2) is 0 Å². The first-order valence-corrected chi connectivity index (χ1v) is 9.15. The zero-order valence-electron chi connectivity index (χ0n) is 12.2. The summed E-state index contributed by atoms with van der Waals surface area (Å²) in [4.78, 5) is 2.64. The maximum atomic E-state index is 4.36. The van der Waals surface area contributed by atoms with Crippen molar-refractivity contribution in [3.8, 4) is 0 Å². The SMILES string of the molecule is CCNC(Cc1cc(Br)cs1)c1snnc1C(C)(C)C. The number of aromatic nitrogens is 2. The van der Waals surface area contributed by atoms with E-state index in [0.717, 1.165) is 23.1 Å². The average molecular weight is 374 g/mol. The highest BCUT2D eigenvalue weighted by Gasteiger charge is 2.27. The maximum Gasteiger partial charge on any atom is 0.0857 e. The minimum Gasteiger partial charge on any atom is -0.309 e. The molecule has 2 heterocycles. The molecule has 3 nitrogen and oxygen atoms in total. The Labute approximate surface area is 137 Å². The van der Waals surface area contributed by atoms with E-state index in [0.29, 0.717) is 6.04 Å². The van der Waals surface area contributed by atoms with Gasteiger partial charge >= 0.3 is 0 Å². The molecular weight excluding hydrogens is 354 g/mol. The molecule has 0 aliphatic heterocycles. The number of hydrogen-bond acceptors (Lipinski definition) is 5. The van der Waals surface area contributed by atoms with Gasteiger partial charge < -0.3 is 5.32 Å². The normalized spacial score (nSPS) is 13.7. The van der Waals surface area contributed by atoms with E-state index in [1.807, 2.05) is 0 Å². The average Bonchev–Trinajstić information content (AvgIpc) is 2.96. The highest BCUT2D eigenvalue weighted by Crippen LogP contribution is 2.33. The highest BCUT2D eigenvalue weighted by atomic mass is 79.9. The van der Waals surface area contributed by atoms with Crippen LogP contribution in [0.4, 0.5) is 0 Å². The molecule has 0 saturated heterocycles. The van der Waals surface area contributed by atoms with Crippen LogP contribution in [0.3, 0.4) is 0 Å². The molecule has 6 heteroatoms. The lowest BCUT2D eigenvalue weighted by Gasteiger charge is -2.22. The van der Waals surface area contributed by atoms with Crippen molar-refractivity contribution < 1.29 is 0 Å². The smallest absolute Gasteiger partial charge is 0.0857 e. The summed E-state index contributed by atoms with van der Waals surface area (Å²) in [5.41, 5.74) is 1.15. The second-order valence-corrected chi connectivity index (χ2v) is 8.48. The van der Waals surface area contributed by atoms with Crippen LogP contribution in [0.2, 0.25) is 0 Å². The molecule has 2 aromatic rings. The summed E-state index contributed by atoms with van der Waals surface area (Å²) in [5.74, 6) is 0. The third-order valence-electron chi connectivity index (χ3n) is 3.02. The maximum absolute atomic E-state index is 4.36. The van der Waals surface area contributed by atoms with Crippen LogP contribution in [0.25, 0.3) is 0 Å². The van der Waals surface area contributed by atoms with Gasteiger partial charge in [-0.1, -0.05) is 32.2 Å². The fraction of sp³-hybridized carbons (Fsp3) is 0.571. The van der Waals surface area contributed by atoms with Gasteiger partial charge in [-0.05, 0) is 40.1 Å². The molecule has 110 valence electrons. The third-order valence-corrected chi connectivity index (χ3v) is 5.58. The summed E-state index contributed by atoms with van der Waals surface area (Å²) in [6, 6.07) is 2.49. The Kier molecular flexibility index (Phi) is 5.34. The van der Waals surface area contributed by atoms with Gasteiger partial charge in [0, 0.05) is 32.6 Å². The van der Waals surface area contributed by atoms with Gasteiger partial charge in [0.05, 0.1) is 10.6 Å². The molecule has 0 saturated carbocycles. The zero-order chi connectivity index (χ0) is 14.8. The van der Waals surface area contributed by atoms with Gasteiger partial charge in [-0.15, -0.1) is 16.4 Å². The summed E-state index contributed by atoms with van der Waals surface area (Å²) in [6.07, 6.45) is 0.983. The Morgan fingerprint density at radius 2 is 2.15 bits per heavy atom. The molecule has 0 aliphatic carbocycles. The van der Waals surface area contributed by atoms with Gasteiger partial charge in [0.2, 0.25) is 0 Å². The lowest BCUT2D eigenvalue weighted by molar-refractivity contribution is 0.516. The van der Waals surface area contributed by atoms with E-state index in [2.05, 4.69) is 70.0 Å². The molecule has 2 rings (SSSR count). The largest absolute Gasteiger partial charge is 0.309 e. The van der Waals surface area contributed by atoms with Crippen LogP contribution >= 0.6 is 38.8 Å². The second kappa shape index (κ2) is 6.64. The zero-order valence-corrected chi connectivity index (χ0v) is 15.5. The van der Waals surface area contributed by atoms with Crippen molar-refractivity contribution in [1.82, 2.24) is 14.9 Å².